The maximum absolute atomic E-state index is 10.5. The van der Waals surface area contributed by atoms with Crippen LogP contribution in [0, 0.1) is 0 Å². The molecular formula is C14H14O2. The first kappa shape index (κ1) is 10.7. The van der Waals surface area contributed by atoms with E-state index >= 15 is 0 Å². The molecule has 1 heterocycles. The van der Waals surface area contributed by atoms with Gasteiger partial charge >= 0.3 is 0 Å². The minimum atomic E-state index is 0.371. The van der Waals surface area contributed by atoms with Gasteiger partial charge in [-0.1, -0.05) is 31.5 Å². The van der Waals surface area contributed by atoms with Crippen LogP contribution in [-0.2, 0) is 6.42 Å². The minimum absolute atomic E-state index is 0.371. The van der Waals surface area contributed by atoms with Crippen molar-refractivity contribution in [3.05, 3.63) is 47.7 Å². The first-order chi connectivity index (χ1) is 7.83. The number of carbonyl (C=O) groups excluding carboxylic acids is 1. The molecule has 0 saturated heterocycles. The quantitative estimate of drug-likeness (QED) is 0.726. The molecule has 1 aromatic carbocycles. The SMILES string of the molecule is CCCc1cccc(-c2ccc(C=O)o2)c1. The lowest BCUT2D eigenvalue weighted by molar-refractivity contribution is 0.110. The van der Waals surface area contributed by atoms with Gasteiger partial charge in [-0.3, -0.25) is 4.79 Å². The Morgan fingerprint density at radius 1 is 1.25 bits per heavy atom. The van der Waals surface area contributed by atoms with E-state index in [-0.39, 0.29) is 0 Å². The molecule has 0 atom stereocenters. The average Bonchev–Trinajstić information content (AvgIpc) is 2.78. The van der Waals surface area contributed by atoms with Gasteiger partial charge in [0.1, 0.15) is 5.76 Å². The predicted octanol–water partition coefficient (Wildman–Crippen LogP) is 3.71. The Hall–Kier alpha value is -1.83. The van der Waals surface area contributed by atoms with Gasteiger partial charge in [0.05, 0.1) is 0 Å². The first-order valence-electron chi connectivity index (χ1n) is 5.48. The van der Waals surface area contributed by atoms with Crippen molar-refractivity contribution in [1.82, 2.24) is 0 Å². The summed E-state index contributed by atoms with van der Waals surface area (Å²) >= 11 is 0. The summed E-state index contributed by atoms with van der Waals surface area (Å²) in [6.07, 6.45) is 2.91. The maximum Gasteiger partial charge on any atom is 0.185 e. The molecule has 16 heavy (non-hydrogen) atoms. The zero-order chi connectivity index (χ0) is 11.4. The van der Waals surface area contributed by atoms with E-state index in [9.17, 15) is 4.79 Å². The monoisotopic (exact) mass is 214 g/mol. The number of furan rings is 1. The second-order valence-corrected chi connectivity index (χ2v) is 3.77. The highest BCUT2D eigenvalue weighted by Crippen LogP contribution is 2.22. The molecular weight excluding hydrogens is 200 g/mol. The molecule has 0 amide bonds. The maximum atomic E-state index is 10.5. The van der Waals surface area contributed by atoms with E-state index in [4.69, 9.17) is 4.42 Å². The lowest BCUT2D eigenvalue weighted by atomic mass is 10.1. The fourth-order valence-electron chi connectivity index (χ4n) is 1.74. The molecule has 2 rings (SSSR count). The van der Waals surface area contributed by atoms with Crippen LogP contribution in [0.25, 0.3) is 11.3 Å². The number of hydrogen-bond donors (Lipinski definition) is 0. The molecule has 1 aromatic heterocycles. The van der Waals surface area contributed by atoms with Crippen molar-refractivity contribution < 1.29 is 9.21 Å². The summed E-state index contributed by atoms with van der Waals surface area (Å²) in [7, 11) is 0. The van der Waals surface area contributed by atoms with Crippen LogP contribution in [0.3, 0.4) is 0 Å². The van der Waals surface area contributed by atoms with Crippen molar-refractivity contribution in [2.24, 2.45) is 0 Å². The molecule has 0 spiro atoms. The lowest BCUT2D eigenvalue weighted by Gasteiger charge is -2.01. The zero-order valence-electron chi connectivity index (χ0n) is 9.27. The van der Waals surface area contributed by atoms with Crippen LogP contribution in [0.2, 0.25) is 0 Å². The number of benzene rings is 1. The molecule has 0 aliphatic heterocycles. The van der Waals surface area contributed by atoms with Crippen molar-refractivity contribution in [2.45, 2.75) is 19.8 Å². The number of aryl methyl sites for hydroxylation is 1. The molecule has 2 heteroatoms. The van der Waals surface area contributed by atoms with Gasteiger partial charge in [0, 0.05) is 5.56 Å². The number of aldehydes is 1. The molecule has 82 valence electrons. The summed E-state index contributed by atoms with van der Waals surface area (Å²) in [6, 6.07) is 11.7. The molecule has 0 aliphatic rings. The summed E-state index contributed by atoms with van der Waals surface area (Å²) in [5.41, 5.74) is 2.32. The summed E-state index contributed by atoms with van der Waals surface area (Å²) in [5.74, 6) is 1.12. The van der Waals surface area contributed by atoms with Gasteiger partial charge in [-0.2, -0.15) is 0 Å². The average molecular weight is 214 g/mol. The molecule has 0 saturated carbocycles. The third-order valence-electron chi connectivity index (χ3n) is 2.49. The second kappa shape index (κ2) is 4.79. The van der Waals surface area contributed by atoms with E-state index in [0.29, 0.717) is 5.76 Å². The Kier molecular flexibility index (Phi) is 3.20. The zero-order valence-corrected chi connectivity index (χ0v) is 9.27. The summed E-state index contributed by atoms with van der Waals surface area (Å²) in [6.45, 7) is 2.16. The Balaban J connectivity index is 2.32. The van der Waals surface area contributed by atoms with E-state index < -0.39 is 0 Å². The number of rotatable bonds is 4. The Labute approximate surface area is 94.9 Å². The van der Waals surface area contributed by atoms with Crippen molar-refractivity contribution in [2.75, 3.05) is 0 Å². The van der Waals surface area contributed by atoms with Gasteiger partial charge in [-0.05, 0) is 30.2 Å². The van der Waals surface area contributed by atoms with Crippen molar-refractivity contribution in [3.8, 4) is 11.3 Å². The van der Waals surface area contributed by atoms with Crippen LogP contribution in [0.15, 0.2) is 40.8 Å². The van der Waals surface area contributed by atoms with E-state index in [1.807, 2.05) is 18.2 Å². The Morgan fingerprint density at radius 3 is 2.81 bits per heavy atom. The highest BCUT2D eigenvalue weighted by molar-refractivity contribution is 5.72. The minimum Gasteiger partial charge on any atom is -0.453 e. The molecule has 0 bridgehead atoms. The van der Waals surface area contributed by atoms with Gasteiger partial charge in [-0.15, -0.1) is 0 Å². The number of carbonyl (C=O) groups is 1. The normalized spacial score (nSPS) is 10.3. The predicted molar refractivity (Wildman–Crippen MR) is 63.5 cm³/mol. The van der Waals surface area contributed by atoms with Crippen LogP contribution in [0.5, 0.6) is 0 Å². The van der Waals surface area contributed by atoms with Crippen molar-refractivity contribution in [1.29, 1.82) is 0 Å². The molecule has 0 fully saturated rings. The largest absolute Gasteiger partial charge is 0.453 e. The van der Waals surface area contributed by atoms with E-state index in [2.05, 4.69) is 19.1 Å². The molecule has 0 aliphatic carbocycles. The van der Waals surface area contributed by atoms with Gasteiger partial charge in [0.15, 0.2) is 12.0 Å². The van der Waals surface area contributed by atoms with Gasteiger partial charge in [-0.25, -0.2) is 0 Å². The Bertz CT molecular complexity index is 483. The molecule has 0 radical (unpaired) electrons. The first-order valence-corrected chi connectivity index (χ1v) is 5.48. The summed E-state index contributed by atoms with van der Waals surface area (Å²) in [5, 5.41) is 0. The van der Waals surface area contributed by atoms with Crippen LogP contribution < -0.4 is 0 Å². The third kappa shape index (κ3) is 2.22. The van der Waals surface area contributed by atoms with Crippen molar-refractivity contribution in [3.63, 3.8) is 0 Å². The molecule has 0 unspecified atom stereocenters. The second-order valence-electron chi connectivity index (χ2n) is 3.77. The van der Waals surface area contributed by atoms with E-state index in [0.717, 1.165) is 30.5 Å². The van der Waals surface area contributed by atoms with Crippen molar-refractivity contribution >= 4 is 6.29 Å². The highest BCUT2D eigenvalue weighted by Gasteiger charge is 2.04. The fraction of sp³-hybridized carbons (Fsp3) is 0.214. The lowest BCUT2D eigenvalue weighted by Crippen LogP contribution is -1.83. The van der Waals surface area contributed by atoms with Gasteiger partial charge in [0.25, 0.3) is 0 Å². The summed E-state index contributed by atoms with van der Waals surface area (Å²) < 4.78 is 5.38. The van der Waals surface area contributed by atoms with E-state index in [1.165, 1.54) is 5.56 Å². The number of hydrogen-bond acceptors (Lipinski definition) is 2. The molecule has 2 nitrogen and oxygen atoms in total. The third-order valence-corrected chi connectivity index (χ3v) is 2.49. The molecule has 0 N–H and O–H groups in total. The summed E-state index contributed by atoms with van der Waals surface area (Å²) in [4.78, 5) is 10.5. The standard InChI is InChI=1S/C14H14O2/c1-2-4-11-5-3-6-12(9-11)14-8-7-13(10-15)16-14/h3,5-10H,2,4H2,1H3. The van der Waals surface area contributed by atoms with E-state index in [1.54, 1.807) is 6.07 Å². The fourth-order valence-corrected chi connectivity index (χ4v) is 1.74. The van der Waals surface area contributed by atoms with Gasteiger partial charge < -0.3 is 4.42 Å². The van der Waals surface area contributed by atoms with Crippen LogP contribution in [0.4, 0.5) is 0 Å². The molecule has 2 aromatic rings. The highest BCUT2D eigenvalue weighted by atomic mass is 16.3. The van der Waals surface area contributed by atoms with Crippen LogP contribution in [-0.4, -0.2) is 6.29 Å². The smallest absolute Gasteiger partial charge is 0.185 e. The van der Waals surface area contributed by atoms with Crippen LogP contribution in [0.1, 0.15) is 29.5 Å². The van der Waals surface area contributed by atoms with Gasteiger partial charge in [0.2, 0.25) is 0 Å². The van der Waals surface area contributed by atoms with Crippen LogP contribution >= 0.6 is 0 Å². The Morgan fingerprint density at radius 2 is 2.12 bits per heavy atom. The topological polar surface area (TPSA) is 30.2 Å².